The van der Waals surface area contributed by atoms with Crippen LogP contribution in [-0.2, 0) is 22.4 Å². The summed E-state index contributed by atoms with van der Waals surface area (Å²) in [6.07, 6.45) is 1.98. The Balaban J connectivity index is 1.89. The van der Waals surface area contributed by atoms with E-state index in [4.69, 9.17) is 0 Å². The fourth-order valence-corrected chi connectivity index (χ4v) is 3.35. The molecule has 0 saturated carbocycles. The highest BCUT2D eigenvalue weighted by Gasteiger charge is 2.23. The van der Waals surface area contributed by atoms with Gasteiger partial charge in [-0.1, -0.05) is 51.1 Å². The fourth-order valence-electron chi connectivity index (χ4n) is 2.53. The standard InChI is InChI=1S/C20H26N2O3S/c1-20(2,3)10-9-16(19(24)25)22-17(23)12-15-13-26-18(21-15)11-14-7-5-4-6-8-14/h4-8,13,16H,9-12H2,1-3H3,(H,22,23)(H,24,25). The lowest BCUT2D eigenvalue weighted by molar-refractivity contribution is -0.142. The highest BCUT2D eigenvalue weighted by molar-refractivity contribution is 7.09. The van der Waals surface area contributed by atoms with E-state index >= 15 is 0 Å². The normalized spacial score (nSPS) is 12.6. The number of nitrogens with one attached hydrogen (secondary N) is 1. The second kappa shape index (κ2) is 8.94. The number of benzene rings is 1. The molecule has 0 spiro atoms. The number of amides is 1. The third-order valence-electron chi connectivity index (χ3n) is 3.96. The van der Waals surface area contributed by atoms with Gasteiger partial charge in [0.15, 0.2) is 0 Å². The number of aromatic nitrogens is 1. The smallest absolute Gasteiger partial charge is 0.326 e. The van der Waals surface area contributed by atoms with Gasteiger partial charge in [0.05, 0.1) is 17.1 Å². The molecule has 2 aromatic rings. The van der Waals surface area contributed by atoms with E-state index in [1.165, 1.54) is 16.9 Å². The molecular formula is C20H26N2O3S. The molecule has 1 atom stereocenters. The van der Waals surface area contributed by atoms with Gasteiger partial charge in [0, 0.05) is 11.8 Å². The Morgan fingerprint density at radius 2 is 1.92 bits per heavy atom. The van der Waals surface area contributed by atoms with Crippen molar-refractivity contribution >= 4 is 23.2 Å². The molecule has 6 heteroatoms. The zero-order chi connectivity index (χ0) is 19.2. The summed E-state index contributed by atoms with van der Waals surface area (Å²) < 4.78 is 0. The van der Waals surface area contributed by atoms with Gasteiger partial charge in [0.2, 0.25) is 5.91 Å². The molecular weight excluding hydrogens is 348 g/mol. The van der Waals surface area contributed by atoms with Crippen molar-refractivity contribution in [2.24, 2.45) is 5.41 Å². The summed E-state index contributed by atoms with van der Waals surface area (Å²) in [6, 6.07) is 9.17. The van der Waals surface area contributed by atoms with Crippen LogP contribution >= 0.6 is 11.3 Å². The molecule has 1 heterocycles. The van der Waals surface area contributed by atoms with E-state index in [9.17, 15) is 14.7 Å². The quantitative estimate of drug-likeness (QED) is 0.739. The van der Waals surface area contributed by atoms with Crippen LogP contribution in [0.2, 0.25) is 0 Å². The van der Waals surface area contributed by atoms with Crippen LogP contribution in [-0.4, -0.2) is 28.0 Å². The number of hydrogen-bond donors (Lipinski definition) is 2. The number of carboxylic acids is 1. The molecule has 140 valence electrons. The summed E-state index contributed by atoms with van der Waals surface area (Å²) in [7, 11) is 0. The SMILES string of the molecule is CC(C)(C)CCC(NC(=O)Cc1csc(Cc2ccccc2)n1)C(=O)O. The minimum absolute atomic E-state index is 0.0275. The van der Waals surface area contributed by atoms with Crippen molar-refractivity contribution in [2.45, 2.75) is 52.5 Å². The van der Waals surface area contributed by atoms with E-state index < -0.39 is 12.0 Å². The van der Waals surface area contributed by atoms with Gasteiger partial charge in [-0.15, -0.1) is 11.3 Å². The van der Waals surface area contributed by atoms with Crippen LogP contribution in [0.1, 0.15) is 49.9 Å². The van der Waals surface area contributed by atoms with Crippen LogP contribution in [0.15, 0.2) is 35.7 Å². The third kappa shape index (κ3) is 6.96. The summed E-state index contributed by atoms with van der Waals surface area (Å²) >= 11 is 1.52. The molecule has 2 N–H and O–H groups in total. The summed E-state index contributed by atoms with van der Waals surface area (Å²) in [4.78, 5) is 28.1. The van der Waals surface area contributed by atoms with Crippen LogP contribution < -0.4 is 5.32 Å². The van der Waals surface area contributed by atoms with Crippen molar-refractivity contribution in [1.82, 2.24) is 10.3 Å². The first kappa shape index (κ1) is 20.1. The van der Waals surface area contributed by atoms with Crippen molar-refractivity contribution in [3.05, 3.63) is 52.0 Å². The van der Waals surface area contributed by atoms with Gasteiger partial charge < -0.3 is 10.4 Å². The van der Waals surface area contributed by atoms with Crippen molar-refractivity contribution in [2.75, 3.05) is 0 Å². The average Bonchev–Trinajstić information content (AvgIpc) is 2.98. The Labute approximate surface area is 158 Å². The molecule has 0 aliphatic rings. The number of carboxylic acid groups (broad SMARTS) is 1. The second-order valence-corrected chi connectivity index (χ2v) is 8.57. The first-order valence-electron chi connectivity index (χ1n) is 8.72. The molecule has 0 aliphatic carbocycles. The molecule has 0 radical (unpaired) electrons. The lowest BCUT2D eigenvalue weighted by Gasteiger charge is -2.21. The molecule has 0 saturated heterocycles. The van der Waals surface area contributed by atoms with E-state index in [-0.39, 0.29) is 17.7 Å². The van der Waals surface area contributed by atoms with Crippen LogP contribution in [0.4, 0.5) is 0 Å². The molecule has 0 bridgehead atoms. The minimum Gasteiger partial charge on any atom is -0.480 e. The lowest BCUT2D eigenvalue weighted by atomic mass is 9.88. The van der Waals surface area contributed by atoms with Gasteiger partial charge in [-0.3, -0.25) is 4.79 Å². The first-order valence-corrected chi connectivity index (χ1v) is 9.60. The number of aliphatic carboxylic acids is 1. The summed E-state index contributed by atoms with van der Waals surface area (Å²) in [6.45, 7) is 6.16. The van der Waals surface area contributed by atoms with Crippen molar-refractivity contribution in [1.29, 1.82) is 0 Å². The zero-order valence-electron chi connectivity index (χ0n) is 15.5. The Bertz CT molecular complexity index is 735. The highest BCUT2D eigenvalue weighted by atomic mass is 32.1. The molecule has 26 heavy (non-hydrogen) atoms. The lowest BCUT2D eigenvalue weighted by Crippen LogP contribution is -2.42. The van der Waals surface area contributed by atoms with Crippen LogP contribution in [0, 0.1) is 5.41 Å². The first-order chi connectivity index (χ1) is 12.2. The van der Waals surface area contributed by atoms with E-state index in [2.05, 4.69) is 31.1 Å². The van der Waals surface area contributed by atoms with Gasteiger partial charge in [0.25, 0.3) is 0 Å². The van der Waals surface area contributed by atoms with Gasteiger partial charge in [0.1, 0.15) is 6.04 Å². The zero-order valence-corrected chi connectivity index (χ0v) is 16.3. The Morgan fingerprint density at radius 1 is 1.23 bits per heavy atom. The number of hydrogen-bond acceptors (Lipinski definition) is 4. The predicted molar refractivity (Wildman–Crippen MR) is 103 cm³/mol. The van der Waals surface area contributed by atoms with Gasteiger partial charge in [-0.25, -0.2) is 9.78 Å². The number of nitrogens with zero attached hydrogens (tertiary/aromatic N) is 1. The maximum Gasteiger partial charge on any atom is 0.326 e. The average molecular weight is 375 g/mol. The summed E-state index contributed by atoms with van der Waals surface area (Å²) in [5, 5.41) is 14.8. The largest absolute Gasteiger partial charge is 0.480 e. The van der Waals surface area contributed by atoms with Crippen LogP contribution in [0.3, 0.4) is 0 Å². The van der Waals surface area contributed by atoms with E-state index in [0.29, 0.717) is 12.1 Å². The maximum absolute atomic E-state index is 12.2. The van der Waals surface area contributed by atoms with Crippen LogP contribution in [0.25, 0.3) is 0 Å². The molecule has 1 aromatic carbocycles. The monoisotopic (exact) mass is 374 g/mol. The summed E-state index contributed by atoms with van der Waals surface area (Å²) in [5.41, 5.74) is 1.88. The van der Waals surface area contributed by atoms with Crippen molar-refractivity contribution < 1.29 is 14.7 Å². The predicted octanol–water partition coefficient (Wildman–Crippen LogP) is 3.67. The number of thiazole rings is 1. The number of carbonyl (C=O) groups is 2. The topological polar surface area (TPSA) is 79.3 Å². The van der Waals surface area contributed by atoms with Gasteiger partial charge in [-0.05, 0) is 23.8 Å². The molecule has 2 rings (SSSR count). The molecule has 5 nitrogen and oxygen atoms in total. The Kier molecular flexibility index (Phi) is 6.91. The third-order valence-corrected chi connectivity index (χ3v) is 4.85. The molecule has 0 fully saturated rings. The van der Waals surface area contributed by atoms with E-state index in [1.54, 1.807) is 0 Å². The molecule has 0 aliphatic heterocycles. The van der Waals surface area contributed by atoms with Crippen molar-refractivity contribution in [3.8, 4) is 0 Å². The highest BCUT2D eigenvalue weighted by Crippen LogP contribution is 2.22. The molecule has 1 unspecified atom stereocenters. The maximum atomic E-state index is 12.2. The molecule has 1 amide bonds. The van der Waals surface area contributed by atoms with Crippen LogP contribution in [0.5, 0.6) is 0 Å². The van der Waals surface area contributed by atoms with E-state index in [0.717, 1.165) is 17.8 Å². The molecule has 1 aromatic heterocycles. The van der Waals surface area contributed by atoms with Gasteiger partial charge >= 0.3 is 5.97 Å². The van der Waals surface area contributed by atoms with Gasteiger partial charge in [-0.2, -0.15) is 0 Å². The van der Waals surface area contributed by atoms with E-state index in [1.807, 2.05) is 35.7 Å². The fraction of sp³-hybridized carbons (Fsp3) is 0.450. The Morgan fingerprint density at radius 3 is 2.54 bits per heavy atom. The minimum atomic E-state index is -0.995. The Hall–Kier alpha value is -2.21. The second-order valence-electron chi connectivity index (χ2n) is 7.63. The number of carbonyl (C=O) groups excluding carboxylic acids is 1. The number of rotatable bonds is 8. The van der Waals surface area contributed by atoms with Crippen molar-refractivity contribution in [3.63, 3.8) is 0 Å². The summed E-state index contributed by atoms with van der Waals surface area (Å²) in [5.74, 6) is -1.30.